The molecule has 1 heterocycles. The summed E-state index contributed by atoms with van der Waals surface area (Å²) in [4.78, 5) is 15.7. The molecule has 0 spiro atoms. The van der Waals surface area contributed by atoms with Crippen LogP contribution in [0.5, 0.6) is 0 Å². The number of pyridine rings is 1. The average molecular weight is 288 g/mol. The predicted molar refractivity (Wildman–Crippen MR) is 80.8 cm³/mol. The third-order valence-electron chi connectivity index (χ3n) is 5.29. The van der Waals surface area contributed by atoms with Crippen molar-refractivity contribution in [3.05, 3.63) is 29.6 Å². The monoisotopic (exact) mass is 288 g/mol. The maximum absolute atomic E-state index is 11.4. The van der Waals surface area contributed by atoms with Crippen LogP contribution in [0.3, 0.4) is 0 Å². The molecule has 2 aliphatic rings. The van der Waals surface area contributed by atoms with E-state index in [9.17, 15) is 4.79 Å². The number of fused-ring (bicyclic) bond motifs is 2. The van der Waals surface area contributed by atoms with Gasteiger partial charge in [-0.25, -0.2) is 4.79 Å². The zero-order valence-electron chi connectivity index (χ0n) is 12.8. The first-order valence-electron chi connectivity index (χ1n) is 7.94. The Kier molecular flexibility index (Phi) is 4.24. The van der Waals surface area contributed by atoms with Crippen LogP contribution in [-0.4, -0.2) is 24.1 Å². The third-order valence-corrected chi connectivity index (χ3v) is 5.29. The molecule has 1 aromatic rings. The van der Waals surface area contributed by atoms with Crippen LogP contribution in [0.25, 0.3) is 0 Å². The number of esters is 1. The van der Waals surface area contributed by atoms with Crippen LogP contribution < -0.4 is 5.32 Å². The highest BCUT2D eigenvalue weighted by atomic mass is 16.5. The molecule has 2 aliphatic carbocycles. The molecule has 0 radical (unpaired) electrons. The van der Waals surface area contributed by atoms with E-state index in [1.54, 1.807) is 12.3 Å². The van der Waals surface area contributed by atoms with Crippen LogP contribution in [0.2, 0.25) is 0 Å². The van der Waals surface area contributed by atoms with Crippen molar-refractivity contribution in [2.45, 2.75) is 45.2 Å². The summed E-state index contributed by atoms with van der Waals surface area (Å²) in [5.41, 5.74) is 1.47. The second-order valence-electron chi connectivity index (χ2n) is 6.54. The molecule has 3 rings (SSSR count). The van der Waals surface area contributed by atoms with Crippen molar-refractivity contribution < 1.29 is 9.53 Å². The highest BCUT2D eigenvalue weighted by Crippen LogP contribution is 2.49. The first-order chi connectivity index (χ1) is 10.2. The van der Waals surface area contributed by atoms with Gasteiger partial charge in [0.25, 0.3) is 0 Å². The van der Waals surface area contributed by atoms with E-state index < -0.39 is 0 Å². The number of carbonyl (C=O) groups excluding carboxylic acids is 1. The molecule has 0 saturated heterocycles. The average Bonchev–Trinajstić information content (AvgIpc) is 3.15. The van der Waals surface area contributed by atoms with E-state index in [0.717, 1.165) is 30.0 Å². The summed E-state index contributed by atoms with van der Waals surface area (Å²) in [7, 11) is 1.38. The van der Waals surface area contributed by atoms with Crippen LogP contribution in [0.15, 0.2) is 18.3 Å². The summed E-state index contributed by atoms with van der Waals surface area (Å²) in [6, 6.07) is 4.22. The molecule has 0 amide bonds. The number of nitrogens with one attached hydrogen (secondary N) is 1. The molecular formula is C17H24N2O2. The molecule has 2 fully saturated rings. The molecule has 2 saturated carbocycles. The second kappa shape index (κ2) is 6.14. The zero-order chi connectivity index (χ0) is 14.8. The standard InChI is InChI=1S/C17H24N2O2/c1-11(16-8-12-3-4-13(16)7-12)18-10-15-6-5-14(9-19-15)17(20)21-2/h5-6,9,11-13,16,18H,3-4,7-8,10H2,1-2H3. The Morgan fingerprint density at radius 2 is 2.29 bits per heavy atom. The fourth-order valence-electron chi connectivity index (χ4n) is 4.09. The van der Waals surface area contributed by atoms with Crippen molar-refractivity contribution in [1.29, 1.82) is 0 Å². The van der Waals surface area contributed by atoms with Crippen LogP contribution in [0, 0.1) is 17.8 Å². The minimum atomic E-state index is -0.336. The van der Waals surface area contributed by atoms with Crippen LogP contribution in [-0.2, 0) is 11.3 Å². The maximum Gasteiger partial charge on any atom is 0.339 e. The van der Waals surface area contributed by atoms with Gasteiger partial charge in [-0.2, -0.15) is 0 Å². The number of methoxy groups -OCH3 is 1. The van der Waals surface area contributed by atoms with E-state index in [1.807, 2.05) is 6.07 Å². The van der Waals surface area contributed by atoms with Gasteiger partial charge >= 0.3 is 5.97 Å². The van der Waals surface area contributed by atoms with Gasteiger partial charge in [0, 0.05) is 18.8 Å². The lowest BCUT2D eigenvalue weighted by molar-refractivity contribution is 0.0600. The van der Waals surface area contributed by atoms with E-state index in [2.05, 4.69) is 22.0 Å². The number of ether oxygens (including phenoxy) is 1. The second-order valence-corrected chi connectivity index (χ2v) is 6.54. The minimum absolute atomic E-state index is 0.336. The van der Waals surface area contributed by atoms with Gasteiger partial charge < -0.3 is 10.1 Å². The number of hydrogen-bond acceptors (Lipinski definition) is 4. The highest BCUT2D eigenvalue weighted by Gasteiger charge is 2.41. The van der Waals surface area contributed by atoms with E-state index in [0.29, 0.717) is 11.6 Å². The Morgan fingerprint density at radius 3 is 2.86 bits per heavy atom. The first kappa shape index (κ1) is 14.5. The summed E-state index contributed by atoms with van der Waals surface area (Å²) in [6.07, 6.45) is 7.30. The Labute approximate surface area is 126 Å². The molecule has 4 nitrogen and oxygen atoms in total. The summed E-state index contributed by atoms with van der Waals surface area (Å²) in [5, 5.41) is 3.61. The molecule has 21 heavy (non-hydrogen) atoms. The first-order valence-corrected chi connectivity index (χ1v) is 7.94. The molecule has 0 aliphatic heterocycles. The molecule has 1 aromatic heterocycles. The molecule has 114 valence electrons. The quantitative estimate of drug-likeness (QED) is 0.847. The molecule has 4 unspecified atom stereocenters. The highest BCUT2D eigenvalue weighted by molar-refractivity contribution is 5.88. The van der Waals surface area contributed by atoms with Crippen LogP contribution >= 0.6 is 0 Å². The smallest absolute Gasteiger partial charge is 0.339 e. The summed E-state index contributed by atoms with van der Waals surface area (Å²) in [5.74, 6) is 2.42. The van der Waals surface area contributed by atoms with Gasteiger partial charge in [-0.15, -0.1) is 0 Å². The van der Waals surface area contributed by atoms with E-state index in [1.165, 1.54) is 32.8 Å². The van der Waals surface area contributed by atoms with Gasteiger partial charge in [0.2, 0.25) is 0 Å². The van der Waals surface area contributed by atoms with Gasteiger partial charge in [0.05, 0.1) is 18.4 Å². The largest absolute Gasteiger partial charge is 0.465 e. The SMILES string of the molecule is COC(=O)c1ccc(CNC(C)C2CC3CCC2C3)nc1. The zero-order valence-corrected chi connectivity index (χ0v) is 12.8. The van der Waals surface area contributed by atoms with Crippen molar-refractivity contribution in [1.82, 2.24) is 10.3 Å². The predicted octanol–water partition coefficient (Wildman–Crippen LogP) is 2.78. The van der Waals surface area contributed by atoms with E-state index >= 15 is 0 Å². The number of nitrogens with zero attached hydrogens (tertiary/aromatic N) is 1. The minimum Gasteiger partial charge on any atom is -0.465 e. The van der Waals surface area contributed by atoms with Crippen LogP contribution in [0.4, 0.5) is 0 Å². The van der Waals surface area contributed by atoms with Gasteiger partial charge in [-0.05, 0) is 56.1 Å². The molecule has 2 bridgehead atoms. The van der Waals surface area contributed by atoms with Crippen molar-refractivity contribution in [3.63, 3.8) is 0 Å². The lowest BCUT2D eigenvalue weighted by Crippen LogP contribution is -2.36. The Balaban J connectivity index is 1.51. The molecule has 0 aromatic carbocycles. The Morgan fingerprint density at radius 1 is 1.43 bits per heavy atom. The Hall–Kier alpha value is -1.42. The van der Waals surface area contributed by atoms with Gasteiger partial charge in [-0.1, -0.05) is 6.42 Å². The fraction of sp³-hybridized carbons (Fsp3) is 0.647. The van der Waals surface area contributed by atoms with Crippen molar-refractivity contribution >= 4 is 5.97 Å². The van der Waals surface area contributed by atoms with Crippen molar-refractivity contribution in [2.24, 2.45) is 17.8 Å². The van der Waals surface area contributed by atoms with E-state index in [4.69, 9.17) is 0 Å². The number of aromatic nitrogens is 1. The summed E-state index contributed by atoms with van der Waals surface area (Å²) in [6.45, 7) is 3.06. The number of hydrogen-bond donors (Lipinski definition) is 1. The van der Waals surface area contributed by atoms with E-state index in [-0.39, 0.29) is 5.97 Å². The Bertz CT molecular complexity index is 500. The lowest BCUT2D eigenvalue weighted by atomic mass is 9.84. The third kappa shape index (κ3) is 3.10. The van der Waals surface area contributed by atoms with Crippen LogP contribution in [0.1, 0.15) is 48.7 Å². The normalized spacial score (nSPS) is 28.6. The van der Waals surface area contributed by atoms with Crippen molar-refractivity contribution in [2.75, 3.05) is 7.11 Å². The molecule has 4 atom stereocenters. The van der Waals surface area contributed by atoms with Gasteiger partial charge in [0.1, 0.15) is 0 Å². The molecular weight excluding hydrogens is 264 g/mol. The lowest BCUT2D eigenvalue weighted by Gasteiger charge is -2.28. The summed E-state index contributed by atoms with van der Waals surface area (Å²) >= 11 is 0. The number of carbonyl (C=O) groups is 1. The van der Waals surface area contributed by atoms with Gasteiger partial charge in [-0.3, -0.25) is 4.98 Å². The fourth-order valence-corrected chi connectivity index (χ4v) is 4.09. The van der Waals surface area contributed by atoms with Gasteiger partial charge in [0.15, 0.2) is 0 Å². The summed E-state index contributed by atoms with van der Waals surface area (Å²) < 4.78 is 4.68. The molecule has 4 heteroatoms. The topological polar surface area (TPSA) is 51.2 Å². The number of rotatable bonds is 5. The molecule has 1 N–H and O–H groups in total. The maximum atomic E-state index is 11.4. The van der Waals surface area contributed by atoms with Crippen molar-refractivity contribution in [3.8, 4) is 0 Å².